The first-order valence-corrected chi connectivity index (χ1v) is 6.94. The summed E-state index contributed by atoms with van der Waals surface area (Å²) in [6.45, 7) is -1.43. The monoisotopic (exact) mass is 349 g/mol. The van der Waals surface area contributed by atoms with Crippen molar-refractivity contribution in [3.8, 4) is 5.75 Å². The predicted octanol–water partition coefficient (Wildman–Crippen LogP) is 2.96. The molecule has 0 amide bonds. The van der Waals surface area contributed by atoms with E-state index in [1.807, 2.05) is 4.90 Å². The first-order chi connectivity index (χ1) is 9.47. The van der Waals surface area contributed by atoms with E-state index >= 15 is 0 Å². The summed E-state index contributed by atoms with van der Waals surface area (Å²) in [6.07, 6.45) is 0.578. The van der Waals surface area contributed by atoms with Gasteiger partial charge in [0.05, 0.1) is 10.4 Å². The highest BCUT2D eigenvalue weighted by Crippen LogP contribution is 2.32. The van der Waals surface area contributed by atoms with Crippen LogP contribution in [0, 0.1) is 5.92 Å². The van der Waals surface area contributed by atoms with Gasteiger partial charge in [-0.2, -0.15) is 8.78 Å². The van der Waals surface area contributed by atoms with Crippen LogP contribution in [0.2, 0.25) is 0 Å². The molecule has 1 fully saturated rings. The zero-order chi connectivity index (χ0) is 14.7. The van der Waals surface area contributed by atoms with Crippen LogP contribution in [0.4, 0.5) is 8.78 Å². The molecule has 0 aliphatic carbocycles. The third-order valence-corrected chi connectivity index (χ3v) is 3.90. The molecule has 0 radical (unpaired) electrons. The Bertz CT molecular complexity index is 499. The first-order valence-electron chi connectivity index (χ1n) is 6.14. The molecule has 1 heterocycles. The molecule has 1 unspecified atom stereocenters. The maximum Gasteiger partial charge on any atom is 0.387 e. The van der Waals surface area contributed by atoms with Crippen LogP contribution in [-0.2, 0) is 11.3 Å². The molecular weight excluding hydrogens is 336 g/mol. The van der Waals surface area contributed by atoms with Crippen LogP contribution in [-0.4, -0.2) is 35.7 Å². The van der Waals surface area contributed by atoms with Gasteiger partial charge in [0.15, 0.2) is 0 Å². The summed E-state index contributed by atoms with van der Waals surface area (Å²) in [6, 6.07) is 5.07. The van der Waals surface area contributed by atoms with E-state index in [1.165, 1.54) is 0 Å². The number of hydrogen-bond acceptors (Lipinski definition) is 3. The molecule has 0 spiro atoms. The lowest BCUT2D eigenvalue weighted by atomic mass is 10.1. The van der Waals surface area contributed by atoms with Crippen molar-refractivity contribution in [2.24, 2.45) is 5.92 Å². The van der Waals surface area contributed by atoms with Crippen LogP contribution in [0.5, 0.6) is 5.75 Å². The average Bonchev–Trinajstić information content (AvgIpc) is 2.82. The summed E-state index contributed by atoms with van der Waals surface area (Å²) in [5, 5.41) is 8.96. The lowest BCUT2D eigenvalue weighted by molar-refractivity contribution is -0.141. The van der Waals surface area contributed by atoms with Crippen LogP contribution in [0.25, 0.3) is 0 Å². The Balaban J connectivity index is 2.10. The molecule has 1 saturated heterocycles. The maximum atomic E-state index is 12.4. The lowest BCUT2D eigenvalue weighted by Gasteiger charge is -2.18. The zero-order valence-corrected chi connectivity index (χ0v) is 12.1. The van der Waals surface area contributed by atoms with Gasteiger partial charge in [0.1, 0.15) is 5.75 Å². The SMILES string of the molecule is O=C(O)C1CCN(Cc2cccc(Br)c2OC(F)F)C1. The van der Waals surface area contributed by atoms with E-state index in [1.54, 1.807) is 18.2 Å². The molecule has 1 atom stereocenters. The number of hydrogen-bond donors (Lipinski definition) is 1. The number of halogens is 3. The molecule has 20 heavy (non-hydrogen) atoms. The fraction of sp³-hybridized carbons (Fsp3) is 0.462. The normalized spacial score (nSPS) is 19.5. The molecule has 1 N–H and O–H groups in total. The first kappa shape index (κ1) is 15.2. The number of benzene rings is 1. The highest BCUT2D eigenvalue weighted by atomic mass is 79.9. The van der Waals surface area contributed by atoms with Crippen molar-refractivity contribution < 1.29 is 23.4 Å². The maximum absolute atomic E-state index is 12.4. The summed E-state index contributed by atoms with van der Waals surface area (Å²) in [7, 11) is 0. The van der Waals surface area contributed by atoms with Gasteiger partial charge in [0, 0.05) is 18.7 Å². The zero-order valence-electron chi connectivity index (χ0n) is 10.6. The van der Waals surface area contributed by atoms with Gasteiger partial charge in [-0.3, -0.25) is 9.69 Å². The molecular formula is C13H14BrF2NO3. The largest absolute Gasteiger partial charge is 0.481 e. The van der Waals surface area contributed by atoms with E-state index in [-0.39, 0.29) is 11.7 Å². The Morgan fingerprint density at radius 3 is 2.90 bits per heavy atom. The fourth-order valence-electron chi connectivity index (χ4n) is 2.32. The quantitative estimate of drug-likeness (QED) is 0.887. The second-order valence-electron chi connectivity index (χ2n) is 4.67. The van der Waals surface area contributed by atoms with Gasteiger partial charge in [0.2, 0.25) is 0 Å². The molecule has 4 nitrogen and oxygen atoms in total. The molecule has 1 aliphatic rings. The second-order valence-corrected chi connectivity index (χ2v) is 5.52. The minimum atomic E-state index is -2.89. The number of carboxylic acids is 1. The minimum absolute atomic E-state index is 0.112. The molecule has 0 saturated carbocycles. The van der Waals surface area contributed by atoms with Gasteiger partial charge in [-0.25, -0.2) is 0 Å². The number of carbonyl (C=O) groups is 1. The number of ether oxygens (including phenoxy) is 1. The van der Waals surface area contributed by atoms with Crippen molar-refractivity contribution in [1.82, 2.24) is 4.90 Å². The van der Waals surface area contributed by atoms with E-state index in [4.69, 9.17) is 5.11 Å². The lowest BCUT2D eigenvalue weighted by Crippen LogP contribution is -2.23. The van der Waals surface area contributed by atoms with E-state index in [0.29, 0.717) is 36.1 Å². The number of carboxylic acid groups (broad SMARTS) is 1. The number of para-hydroxylation sites is 1. The van der Waals surface area contributed by atoms with Gasteiger partial charge in [-0.1, -0.05) is 12.1 Å². The standard InChI is InChI=1S/C13H14BrF2NO3/c14-10-3-1-2-8(11(10)20-13(15)16)6-17-5-4-9(7-17)12(18)19/h1-3,9,13H,4-7H2,(H,18,19). The highest BCUT2D eigenvalue weighted by molar-refractivity contribution is 9.10. The third-order valence-electron chi connectivity index (χ3n) is 3.27. The second kappa shape index (κ2) is 6.49. The molecule has 1 aromatic carbocycles. The number of likely N-dealkylation sites (tertiary alicyclic amines) is 1. The van der Waals surface area contributed by atoms with Crippen molar-refractivity contribution in [2.45, 2.75) is 19.6 Å². The van der Waals surface area contributed by atoms with Crippen molar-refractivity contribution >= 4 is 21.9 Å². The number of rotatable bonds is 5. The summed E-state index contributed by atoms with van der Waals surface area (Å²) in [4.78, 5) is 12.8. The summed E-state index contributed by atoms with van der Waals surface area (Å²) in [5.41, 5.74) is 0.616. The van der Waals surface area contributed by atoms with Gasteiger partial charge >= 0.3 is 12.6 Å². The van der Waals surface area contributed by atoms with Crippen LogP contribution >= 0.6 is 15.9 Å². The number of aliphatic carboxylic acids is 1. The van der Waals surface area contributed by atoms with Crippen LogP contribution in [0.3, 0.4) is 0 Å². The van der Waals surface area contributed by atoms with E-state index in [9.17, 15) is 13.6 Å². The third kappa shape index (κ3) is 3.67. The van der Waals surface area contributed by atoms with Gasteiger partial charge in [-0.05, 0) is 35.0 Å². The molecule has 0 bridgehead atoms. The fourth-order valence-corrected chi connectivity index (χ4v) is 2.82. The van der Waals surface area contributed by atoms with Crippen molar-refractivity contribution in [1.29, 1.82) is 0 Å². The number of alkyl halides is 2. The topological polar surface area (TPSA) is 49.8 Å². The van der Waals surface area contributed by atoms with E-state index in [2.05, 4.69) is 20.7 Å². The van der Waals surface area contributed by atoms with E-state index < -0.39 is 12.6 Å². The minimum Gasteiger partial charge on any atom is -0.481 e. The molecule has 1 aliphatic heterocycles. The number of nitrogens with zero attached hydrogens (tertiary/aromatic N) is 1. The molecule has 110 valence electrons. The Morgan fingerprint density at radius 2 is 2.30 bits per heavy atom. The average molecular weight is 350 g/mol. The Labute approximate surface area is 123 Å². The van der Waals surface area contributed by atoms with Gasteiger partial charge in [0.25, 0.3) is 0 Å². The molecule has 1 aromatic rings. The predicted molar refractivity (Wildman–Crippen MR) is 71.8 cm³/mol. The van der Waals surface area contributed by atoms with Gasteiger partial charge in [-0.15, -0.1) is 0 Å². The Hall–Kier alpha value is -1.21. The van der Waals surface area contributed by atoms with Crippen LogP contribution in [0.15, 0.2) is 22.7 Å². The van der Waals surface area contributed by atoms with Crippen LogP contribution < -0.4 is 4.74 Å². The Morgan fingerprint density at radius 1 is 1.55 bits per heavy atom. The highest BCUT2D eigenvalue weighted by Gasteiger charge is 2.28. The molecule has 2 rings (SSSR count). The van der Waals surface area contributed by atoms with Crippen molar-refractivity contribution in [3.63, 3.8) is 0 Å². The summed E-state index contributed by atoms with van der Waals surface area (Å²) >= 11 is 3.19. The summed E-state index contributed by atoms with van der Waals surface area (Å²) < 4.78 is 29.9. The van der Waals surface area contributed by atoms with Crippen molar-refractivity contribution in [2.75, 3.05) is 13.1 Å². The smallest absolute Gasteiger partial charge is 0.387 e. The molecule has 0 aromatic heterocycles. The van der Waals surface area contributed by atoms with Crippen LogP contribution in [0.1, 0.15) is 12.0 Å². The van der Waals surface area contributed by atoms with Gasteiger partial charge < -0.3 is 9.84 Å². The summed E-state index contributed by atoms with van der Waals surface area (Å²) in [5.74, 6) is -1.09. The van der Waals surface area contributed by atoms with Crippen molar-refractivity contribution in [3.05, 3.63) is 28.2 Å². The van der Waals surface area contributed by atoms with E-state index in [0.717, 1.165) is 0 Å². The Kier molecular flexibility index (Phi) is 4.93. The molecule has 7 heteroatoms.